The molecule has 1 aliphatic carbocycles. The van der Waals surface area contributed by atoms with Gasteiger partial charge in [-0.2, -0.15) is 0 Å². The predicted molar refractivity (Wildman–Crippen MR) is 81.3 cm³/mol. The number of guanidine groups is 1. The van der Waals surface area contributed by atoms with Crippen LogP contribution in [0.25, 0.3) is 0 Å². The number of hydrogen-bond acceptors (Lipinski definition) is 2. The molecule has 1 rings (SSSR count). The van der Waals surface area contributed by atoms with Gasteiger partial charge in [-0.05, 0) is 47.0 Å². The van der Waals surface area contributed by atoms with Crippen LogP contribution >= 0.6 is 0 Å². The van der Waals surface area contributed by atoms with Gasteiger partial charge in [0.15, 0.2) is 5.96 Å². The molecule has 0 aromatic carbocycles. The summed E-state index contributed by atoms with van der Waals surface area (Å²) in [6.07, 6.45) is 3.50. The fourth-order valence-corrected chi connectivity index (χ4v) is 3.10. The van der Waals surface area contributed by atoms with Gasteiger partial charge >= 0.3 is 0 Å². The van der Waals surface area contributed by atoms with E-state index in [2.05, 4.69) is 46.9 Å². The number of nitrogens with one attached hydrogen (secondary N) is 1. The van der Waals surface area contributed by atoms with Crippen LogP contribution in [-0.4, -0.2) is 30.3 Å². The van der Waals surface area contributed by atoms with Gasteiger partial charge in [-0.3, -0.25) is 0 Å². The van der Waals surface area contributed by atoms with E-state index in [1.54, 1.807) is 0 Å². The minimum absolute atomic E-state index is 0.0439. The van der Waals surface area contributed by atoms with Crippen molar-refractivity contribution in [3.63, 3.8) is 0 Å². The van der Waals surface area contributed by atoms with Gasteiger partial charge in [0.1, 0.15) is 0 Å². The monoisotopic (exact) mass is 269 g/mol. The maximum atomic E-state index is 6.02. The third kappa shape index (κ3) is 3.62. The van der Waals surface area contributed by atoms with Crippen LogP contribution in [0.15, 0.2) is 4.99 Å². The molecule has 0 spiro atoms. The van der Waals surface area contributed by atoms with Crippen LogP contribution in [0, 0.1) is 5.41 Å². The molecule has 4 heteroatoms. The molecule has 2 unspecified atom stereocenters. The minimum atomic E-state index is -0.0439. The molecule has 0 aromatic rings. The smallest absolute Gasteiger partial charge is 0.189 e. The first kappa shape index (κ1) is 16.3. The quantitative estimate of drug-likeness (QED) is 0.596. The van der Waals surface area contributed by atoms with Crippen molar-refractivity contribution in [2.24, 2.45) is 16.1 Å². The number of nitrogens with zero attached hydrogens (tertiary/aromatic N) is 1. The SMILES string of the molecule is CCOC1CC(N=C(N)NC(C)(C)C)C1(CC)CC. The highest BCUT2D eigenvalue weighted by Crippen LogP contribution is 2.50. The Balaban J connectivity index is 2.76. The Morgan fingerprint density at radius 3 is 2.32 bits per heavy atom. The van der Waals surface area contributed by atoms with Crippen LogP contribution in [-0.2, 0) is 4.74 Å². The molecule has 2 atom stereocenters. The summed E-state index contributed by atoms with van der Waals surface area (Å²) in [5.41, 5.74) is 6.14. The summed E-state index contributed by atoms with van der Waals surface area (Å²) in [5.74, 6) is 0.554. The van der Waals surface area contributed by atoms with Crippen molar-refractivity contribution in [3.8, 4) is 0 Å². The van der Waals surface area contributed by atoms with Gasteiger partial charge in [-0.15, -0.1) is 0 Å². The van der Waals surface area contributed by atoms with E-state index in [1.165, 1.54) is 0 Å². The van der Waals surface area contributed by atoms with Crippen molar-refractivity contribution in [2.45, 2.75) is 78.5 Å². The maximum absolute atomic E-state index is 6.02. The molecule has 19 heavy (non-hydrogen) atoms. The van der Waals surface area contributed by atoms with Gasteiger partial charge in [0.05, 0.1) is 12.1 Å². The summed E-state index contributed by atoms with van der Waals surface area (Å²) >= 11 is 0. The molecule has 1 aliphatic rings. The molecular formula is C15H31N3O. The zero-order valence-electron chi connectivity index (χ0n) is 13.4. The first-order valence-corrected chi connectivity index (χ1v) is 7.52. The Morgan fingerprint density at radius 1 is 1.32 bits per heavy atom. The Labute approximate surface area is 118 Å². The lowest BCUT2D eigenvalue weighted by atomic mass is 9.59. The molecule has 1 fully saturated rings. The molecule has 1 saturated carbocycles. The first-order valence-electron chi connectivity index (χ1n) is 7.52. The van der Waals surface area contributed by atoms with Gasteiger partial charge in [-0.25, -0.2) is 4.99 Å². The average Bonchev–Trinajstić information content (AvgIpc) is 2.27. The van der Waals surface area contributed by atoms with E-state index in [9.17, 15) is 0 Å². The van der Waals surface area contributed by atoms with Crippen molar-refractivity contribution < 1.29 is 4.74 Å². The highest BCUT2D eigenvalue weighted by atomic mass is 16.5. The van der Waals surface area contributed by atoms with E-state index < -0.39 is 0 Å². The fourth-order valence-electron chi connectivity index (χ4n) is 3.10. The van der Waals surface area contributed by atoms with E-state index >= 15 is 0 Å². The van der Waals surface area contributed by atoms with E-state index in [0.29, 0.717) is 12.1 Å². The van der Waals surface area contributed by atoms with Crippen molar-refractivity contribution in [3.05, 3.63) is 0 Å². The number of rotatable bonds is 5. The van der Waals surface area contributed by atoms with Crippen molar-refractivity contribution in [2.75, 3.05) is 6.61 Å². The number of hydrogen-bond donors (Lipinski definition) is 2. The van der Waals surface area contributed by atoms with Crippen LogP contribution in [0.1, 0.15) is 60.8 Å². The van der Waals surface area contributed by atoms with Crippen molar-refractivity contribution in [1.29, 1.82) is 0 Å². The van der Waals surface area contributed by atoms with E-state index in [1.807, 2.05) is 0 Å². The van der Waals surface area contributed by atoms with Gasteiger partial charge in [-0.1, -0.05) is 13.8 Å². The Kier molecular flexibility index (Phi) is 5.25. The normalized spacial score (nSPS) is 26.9. The van der Waals surface area contributed by atoms with Crippen LogP contribution in [0.3, 0.4) is 0 Å². The van der Waals surface area contributed by atoms with Gasteiger partial charge in [0.2, 0.25) is 0 Å². The van der Waals surface area contributed by atoms with E-state index in [-0.39, 0.29) is 17.0 Å². The summed E-state index contributed by atoms with van der Waals surface area (Å²) < 4.78 is 5.86. The molecule has 0 saturated heterocycles. The number of nitrogens with two attached hydrogens (primary N) is 1. The summed E-state index contributed by atoms with van der Waals surface area (Å²) in [4.78, 5) is 4.70. The fraction of sp³-hybridized carbons (Fsp3) is 0.933. The Hall–Kier alpha value is -0.770. The third-order valence-corrected chi connectivity index (χ3v) is 4.22. The molecule has 0 radical (unpaired) electrons. The predicted octanol–water partition coefficient (Wildman–Crippen LogP) is 2.67. The number of ether oxygens (including phenoxy) is 1. The highest BCUT2D eigenvalue weighted by Gasteiger charge is 2.53. The van der Waals surface area contributed by atoms with Gasteiger partial charge in [0, 0.05) is 17.6 Å². The topological polar surface area (TPSA) is 59.6 Å². The first-order chi connectivity index (χ1) is 8.79. The molecule has 4 nitrogen and oxygen atoms in total. The largest absolute Gasteiger partial charge is 0.378 e. The summed E-state index contributed by atoms with van der Waals surface area (Å²) in [6.45, 7) is 13.6. The molecule has 0 amide bonds. The molecule has 0 aromatic heterocycles. The lowest BCUT2D eigenvalue weighted by Gasteiger charge is -2.53. The van der Waals surface area contributed by atoms with E-state index in [4.69, 9.17) is 15.5 Å². The van der Waals surface area contributed by atoms with Crippen molar-refractivity contribution in [1.82, 2.24) is 5.32 Å². The lowest BCUT2D eigenvalue weighted by molar-refractivity contribution is -0.127. The molecule has 0 bridgehead atoms. The van der Waals surface area contributed by atoms with E-state index in [0.717, 1.165) is 25.9 Å². The molecule has 3 N–H and O–H groups in total. The second kappa shape index (κ2) is 6.12. The third-order valence-electron chi connectivity index (χ3n) is 4.22. The highest BCUT2D eigenvalue weighted by molar-refractivity contribution is 5.78. The van der Waals surface area contributed by atoms with Crippen molar-refractivity contribution >= 4 is 5.96 Å². The summed E-state index contributed by atoms with van der Waals surface area (Å²) in [7, 11) is 0. The van der Waals surface area contributed by atoms with Crippen LogP contribution < -0.4 is 11.1 Å². The second-order valence-corrected chi connectivity index (χ2v) is 6.53. The zero-order valence-corrected chi connectivity index (χ0v) is 13.4. The minimum Gasteiger partial charge on any atom is -0.378 e. The van der Waals surface area contributed by atoms with Crippen LogP contribution in [0.4, 0.5) is 0 Å². The number of aliphatic imine (C=N–C) groups is 1. The zero-order chi connectivity index (χ0) is 14.7. The molecule has 112 valence electrons. The lowest BCUT2D eigenvalue weighted by Crippen LogP contribution is -2.58. The van der Waals surface area contributed by atoms with Gasteiger partial charge in [0.25, 0.3) is 0 Å². The average molecular weight is 269 g/mol. The maximum Gasteiger partial charge on any atom is 0.189 e. The van der Waals surface area contributed by atoms with Crippen LogP contribution in [0.5, 0.6) is 0 Å². The molecular weight excluding hydrogens is 238 g/mol. The summed E-state index contributed by atoms with van der Waals surface area (Å²) in [6, 6.07) is 0.286. The molecule has 0 heterocycles. The molecule has 0 aliphatic heterocycles. The Bertz CT molecular complexity index is 316. The standard InChI is InChI=1S/C15H31N3O/c1-7-15(8-2)11(10-12(15)19-9-3)17-13(16)18-14(4,5)6/h11-12H,7-10H2,1-6H3,(H3,16,17,18). The van der Waals surface area contributed by atoms with Crippen LogP contribution in [0.2, 0.25) is 0 Å². The Morgan fingerprint density at radius 2 is 1.89 bits per heavy atom. The summed E-state index contributed by atoms with van der Waals surface area (Å²) in [5, 5.41) is 3.24. The second-order valence-electron chi connectivity index (χ2n) is 6.53. The van der Waals surface area contributed by atoms with Gasteiger partial charge < -0.3 is 15.8 Å².